The molecule has 5 aromatic rings. The third-order valence-electron chi connectivity index (χ3n) is 5.82. The number of aryl methyl sites for hydroxylation is 2. The van der Waals surface area contributed by atoms with Gasteiger partial charge in [-0.3, -0.25) is 0 Å². The van der Waals surface area contributed by atoms with Crippen molar-refractivity contribution in [1.29, 1.82) is 0 Å². The smallest absolute Gasteiger partial charge is 0.207 e. The zero-order valence-electron chi connectivity index (χ0n) is 18.5. The van der Waals surface area contributed by atoms with Gasteiger partial charge in [-0.15, -0.1) is 10.2 Å². The van der Waals surface area contributed by atoms with Gasteiger partial charge in [-0.2, -0.15) is 9.61 Å². The van der Waals surface area contributed by atoms with Crippen molar-refractivity contribution in [2.75, 3.05) is 0 Å². The Balaban J connectivity index is 1.59. The van der Waals surface area contributed by atoms with Crippen LogP contribution in [0, 0.1) is 13.8 Å². The molecular weight excluding hydrogens is 434 g/mol. The second-order valence-electron chi connectivity index (χ2n) is 8.12. The molecule has 0 aliphatic rings. The van der Waals surface area contributed by atoms with Crippen molar-refractivity contribution >= 4 is 26.4 Å². The summed E-state index contributed by atoms with van der Waals surface area (Å²) in [6.07, 6.45) is 0. The fraction of sp³-hybridized carbons (Fsp3) is 0.160. The highest BCUT2D eigenvalue weighted by atomic mass is 32.2. The molecule has 3 aromatic carbocycles. The Labute approximate surface area is 192 Å². The Morgan fingerprint density at radius 2 is 1.58 bits per heavy atom. The van der Waals surface area contributed by atoms with Gasteiger partial charge in [0, 0.05) is 22.4 Å². The summed E-state index contributed by atoms with van der Waals surface area (Å²) in [6.45, 7) is 5.55. The van der Waals surface area contributed by atoms with Crippen molar-refractivity contribution in [3.63, 3.8) is 0 Å². The highest BCUT2D eigenvalue weighted by molar-refractivity contribution is 7.89. The number of aromatic nitrogens is 4. The number of rotatable bonds is 5. The number of fused-ring (bicyclic) bond motifs is 3. The normalized spacial score (nSPS) is 12.9. The Bertz CT molecular complexity index is 1590. The summed E-state index contributed by atoms with van der Waals surface area (Å²) >= 11 is 0. The molecule has 0 aliphatic carbocycles. The first kappa shape index (κ1) is 21.2. The lowest BCUT2D eigenvalue weighted by atomic mass is 10.1. The van der Waals surface area contributed by atoms with E-state index in [1.165, 1.54) is 0 Å². The van der Waals surface area contributed by atoms with Crippen LogP contribution in [0.4, 0.5) is 0 Å². The third-order valence-corrected chi connectivity index (χ3v) is 7.50. The van der Waals surface area contributed by atoms with Crippen molar-refractivity contribution in [1.82, 2.24) is 24.5 Å². The standard InChI is InChI=1S/C25H23N5O2S/c1-16-13-14-20(15-23(16)33(31,32)29-17(2)19-9-5-4-6-10-19)24-26-27-25-22-12-8-7-11-21(22)18(3)28-30(24)25/h4-15,17,29H,1-3H3/t17-/m1/s1. The molecule has 0 saturated carbocycles. The second-order valence-corrected chi connectivity index (χ2v) is 9.81. The van der Waals surface area contributed by atoms with E-state index >= 15 is 0 Å². The number of nitrogens with zero attached hydrogens (tertiary/aromatic N) is 4. The molecule has 1 atom stereocenters. The van der Waals surface area contributed by atoms with E-state index in [1.807, 2.05) is 74.5 Å². The third kappa shape index (κ3) is 3.77. The van der Waals surface area contributed by atoms with E-state index in [0.717, 1.165) is 22.0 Å². The van der Waals surface area contributed by atoms with Gasteiger partial charge in [0.15, 0.2) is 11.5 Å². The molecule has 1 N–H and O–H groups in total. The molecule has 0 bridgehead atoms. The van der Waals surface area contributed by atoms with E-state index < -0.39 is 10.0 Å². The largest absolute Gasteiger partial charge is 0.241 e. The maximum Gasteiger partial charge on any atom is 0.241 e. The molecule has 0 spiro atoms. The summed E-state index contributed by atoms with van der Waals surface area (Å²) in [7, 11) is -3.78. The second kappa shape index (κ2) is 8.06. The maximum absolute atomic E-state index is 13.3. The van der Waals surface area contributed by atoms with Gasteiger partial charge in [0.2, 0.25) is 10.0 Å². The van der Waals surface area contributed by atoms with Crippen LogP contribution in [0.3, 0.4) is 0 Å². The Morgan fingerprint density at radius 3 is 2.33 bits per heavy atom. The summed E-state index contributed by atoms with van der Waals surface area (Å²) in [5.41, 5.74) is 3.65. The summed E-state index contributed by atoms with van der Waals surface area (Å²) in [5, 5.41) is 15.3. The van der Waals surface area contributed by atoms with Crippen molar-refractivity contribution in [2.24, 2.45) is 0 Å². The van der Waals surface area contributed by atoms with Gasteiger partial charge in [-0.25, -0.2) is 13.1 Å². The average Bonchev–Trinajstić information content (AvgIpc) is 3.24. The van der Waals surface area contributed by atoms with Gasteiger partial charge in [0.25, 0.3) is 0 Å². The molecule has 166 valence electrons. The summed E-state index contributed by atoms with van der Waals surface area (Å²) in [5.74, 6) is 0.492. The van der Waals surface area contributed by atoms with Gasteiger partial charge in [-0.1, -0.05) is 66.7 Å². The lowest BCUT2D eigenvalue weighted by Gasteiger charge is -2.16. The van der Waals surface area contributed by atoms with Crippen LogP contribution in [-0.2, 0) is 10.0 Å². The molecule has 8 heteroatoms. The monoisotopic (exact) mass is 457 g/mol. The van der Waals surface area contributed by atoms with Crippen molar-refractivity contribution in [3.8, 4) is 11.4 Å². The fourth-order valence-electron chi connectivity index (χ4n) is 4.05. The first-order valence-corrected chi connectivity index (χ1v) is 12.1. The molecule has 2 heterocycles. The van der Waals surface area contributed by atoms with Crippen LogP contribution in [0.15, 0.2) is 77.7 Å². The van der Waals surface area contributed by atoms with E-state index in [-0.39, 0.29) is 10.9 Å². The van der Waals surface area contributed by atoms with Crippen LogP contribution in [0.25, 0.3) is 27.8 Å². The van der Waals surface area contributed by atoms with Gasteiger partial charge in [-0.05, 0) is 38.0 Å². The fourth-order valence-corrected chi connectivity index (χ4v) is 5.56. The highest BCUT2D eigenvalue weighted by Gasteiger charge is 2.22. The molecule has 2 aromatic heterocycles. The topological polar surface area (TPSA) is 89.2 Å². The minimum absolute atomic E-state index is 0.206. The van der Waals surface area contributed by atoms with Gasteiger partial charge in [0.05, 0.1) is 10.6 Å². The Hall–Kier alpha value is -3.62. The lowest BCUT2D eigenvalue weighted by molar-refractivity contribution is 0.566. The summed E-state index contributed by atoms with van der Waals surface area (Å²) < 4.78 is 31.0. The molecule has 5 rings (SSSR count). The molecule has 0 amide bonds. The molecule has 0 aliphatic heterocycles. The first-order chi connectivity index (χ1) is 15.8. The Morgan fingerprint density at radius 1 is 0.879 bits per heavy atom. The quantitative estimate of drug-likeness (QED) is 0.417. The molecule has 0 radical (unpaired) electrons. The molecule has 7 nitrogen and oxygen atoms in total. The Kier molecular flexibility index (Phi) is 5.19. The SMILES string of the molecule is Cc1ccc(-c2nnc3c4ccccc4c(C)nn23)cc1S(=O)(=O)N[C@H](C)c1ccccc1. The van der Waals surface area contributed by atoms with E-state index in [1.54, 1.807) is 23.6 Å². The average molecular weight is 458 g/mol. The van der Waals surface area contributed by atoms with Crippen LogP contribution in [0.5, 0.6) is 0 Å². The zero-order chi connectivity index (χ0) is 23.2. The summed E-state index contributed by atoms with van der Waals surface area (Å²) in [6, 6.07) is 22.3. The van der Waals surface area contributed by atoms with E-state index in [9.17, 15) is 8.42 Å². The van der Waals surface area contributed by atoms with Gasteiger partial charge in [0.1, 0.15) is 0 Å². The minimum atomic E-state index is -3.78. The number of hydrogen-bond acceptors (Lipinski definition) is 5. The minimum Gasteiger partial charge on any atom is -0.207 e. The van der Waals surface area contributed by atoms with Crippen LogP contribution in [0.2, 0.25) is 0 Å². The van der Waals surface area contributed by atoms with Gasteiger partial charge >= 0.3 is 0 Å². The summed E-state index contributed by atoms with van der Waals surface area (Å²) in [4.78, 5) is 0.206. The van der Waals surface area contributed by atoms with E-state index in [4.69, 9.17) is 0 Å². The van der Waals surface area contributed by atoms with Crippen LogP contribution >= 0.6 is 0 Å². The number of benzene rings is 3. The first-order valence-electron chi connectivity index (χ1n) is 10.6. The molecule has 0 fully saturated rings. The molecule has 0 saturated heterocycles. The lowest BCUT2D eigenvalue weighted by Crippen LogP contribution is -2.27. The number of sulfonamides is 1. The number of nitrogens with one attached hydrogen (secondary N) is 1. The van der Waals surface area contributed by atoms with Gasteiger partial charge < -0.3 is 0 Å². The van der Waals surface area contributed by atoms with Crippen LogP contribution in [-0.4, -0.2) is 28.2 Å². The van der Waals surface area contributed by atoms with E-state index in [0.29, 0.717) is 22.6 Å². The number of hydrogen-bond donors (Lipinski definition) is 1. The van der Waals surface area contributed by atoms with Crippen molar-refractivity contribution < 1.29 is 8.42 Å². The predicted octanol–water partition coefficient (Wildman–Crippen LogP) is 4.60. The maximum atomic E-state index is 13.3. The predicted molar refractivity (Wildman–Crippen MR) is 128 cm³/mol. The van der Waals surface area contributed by atoms with E-state index in [2.05, 4.69) is 20.0 Å². The van der Waals surface area contributed by atoms with Crippen molar-refractivity contribution in [2.45, 2.75) is 31.7 Å². The van der Waals surface area contributed by atoms with Crippen LogP contribution < -0.4 is 4.72 Å². The van der Waals surface area contributed by atoms with Crippen molar-refractivity contribution in [3.05, 3.63) is 89.6 Å². The molecule has 0 unspecified atom stereocenters. The zero-order valence-corrected chi connectivity index (χ0v) is 19.3. The van der Waals surface area contributed by atoms with Crippen LogP contribution in [0.1, 0.15) is 29.8 Å². The highest BCUT2D eigenvalue weighted by Crippen LogP contribution is 2.28. The molecular formula is C25H23N5O2S. The molecule has 33 heavy (non-hydrogen) atoms.